The third-order valence-corrected chi connectivity index (χ3v) is 4.64. The molecule has 0 amide bonds. The summed E-state index contributed by atoms with van der Waals surface area (Å²) >= 11 is 3.56. The number of alkyl halides is 1. The molecule has 2 heterocycles. The lowest BCUT2D eigenvalue weighted by Gasteiger charge is -2.24. The molecule has 1 aliphatic rings. The first-order valence-electron chi connectivity index (χ1n) is 6.57. The molecule has 2 aromatic rings. The summed E-state index contributed by atoms with van der Waals surface area (Å²) in [6.07, 6.45) is 1.13. The average molecular weight is 339 g/mol. The Balaban J connectivity index is 1.98. The molecule has 1 aromatic heterocycles. The summed E-state index contributed by atoms with van der Waals surface area (Å²) < 4.78 is 0. The Kier molecular flexibility index (Phi) is 3.37. The number of anilines is 1. The maximum Gasteiger partial charge on any atom is 0.271 e. The minimum atomic E-state index is -0.390. The molecule has 0 aliphatic carbocycles. The van der Waals surface area contributed by atoms with E-state index in [-0.39, 0.29) is 10.6 Å². The lowest BCUT2D eigenvalue weighted by atomic mass is 10.1. The molecule has 2 unspecified atom stereocenters. The summed E-state index contributed by atoms with van der Waals surface area (Å²) in [5.41, 5.74) is 1.56. The fourth-order valence-electron chi connectivity index (χ4n) is 2.74. The van der Waals surface area contributed by atoms with Gasteiger partial charge in [-0.1, -0.05) is 22.9 Å². The van der Waals surface area contributed by atoms with E-state index in [2.05, 4.69) is 37.7 Å². The Bertz CT molecular complexity index is 657. The lowest BCUT2D eigenvalue weighted by molar-refractivity contribution is -0.384. The maximum absolute atomic E-state index is 10.8. The smallest absolute Gasteiger partial charge is 0.271 e. The quantitative estimate of drug-likeness (QED) is 0.530. The topological polar surface area (TPSA) is 75.1 Å². The summed E-state index contributed by atoms with van der Waals surface area (Å²) in [4.78, 5) is 20.4. The normalized spacial score (nSPS) is 22.6. The van der Waals surface area contributed by atoms with E-state index in [1.165, 1.54) is 12.1 Å². The van der Waals surface area contributed by atoms with Gasteiger partial charge in [0.05, 0.1) is 16.0 Å². The second kappa shape index (κ2) is 5.05. The number of hydrogen-bond acceptors (Lipinski definition) is 4. The number of benzene rings is 1. The molecule has 1 aromatic carbocycles. The zero-order valence-electron chi connectivity index (χ0n) is 11.0. The van der Waals surface area contributed by atoms with E-state index in [1.54, 1.807) is 6.07 Å². The molecule has 20 heavy (non-hydrogen) atoms. The first-order valence-corrected chi connectivity index (χ1v) is 7.69. The fourth-order valence-corrected chi connectivity index (χ4v) is 3.73. The van der Waals surface area contributed by atoms with Crippen molar-refractivity contribution < 1.29 is 4.92 Å². The number of halogens is 1. The van der Waals surface area contributed by atoms with E-state index < -0.39 is 0 Å². The van der Waals surface area contributed by atoms with Gasteiger partial charge in [0.15, 0.2) is 0 Å². The molecule has 106 valence electrons. The molecule has 7 heteroatoms. The number of non-ortho nitro benzene ring substituents is 1. The van der Waals surface area contributed by atoms with E-state index in [0.717, 1.165) is 29.8 Å². The van der Waals surface area contributed by atoms with Crippen LogP contribution in [0.25, 0.3) is 11.0 Å². The Hall–Kier alpha value is -1.63. The molecular weight excluding hydrogens is 324 g/mol. The Morgan fingerprint density at radius 1 is 1.60 bits per heavy atom. The van der Waals surface area contributed by atoms with Crippen molar-refractivity contribution >= 4 is 38.6 Å². The van der Waals surface area contributed by atoms with Crippen LogP contribution in [0.5, 0.6) is 0 Å². The van der Waals surface area contributed by atoms with Gasteiger partial charge in [-0.05, 0) is 18.4 Å². The third-order valence-electron chi connectivity index (χ3n) is 3.98. The third kappa shape index (κ3) is 2.15. The van der Waals surface area contributed by atoms with Crippen molar-refractivity contribution in [2.75, 3.05) is 16.8 Å². The highest BCUT2D eigenvalue weighted by atomic mass is 79.9. The van der Waals surface area contributed by atoms with Crippen molar-refractivity contribution in [2.45, 2.75) is 19.4 Å². The van der Waals surface area contributed by atoms with Crippen LogP contribution in [0.2, 0.25) is 0 Å². The number of nitrogens with zero attached hydrogens (tertiary/aromatic N) is 3. The number of imidazole rings is 1. The van der Waals surface area contributed by atoms with Gasteiger partial charge in [-0.25, -0.2) is 4.98 Å². The second-order valence-electron chi connectivity index (χ2n) is 5.20. The molecular formula is C13H15BrN4O2. The number of fused-ring (bicyclic) bond motifs is 1. The van der Waals surface area contributed by atoms with Crippen LogP contribution in [0, 0.1) is 16.0 Å². The predicted molar refractivity (Wildman–Crippen MR) is 81.5 cm³/mol. The van der Waals surface area contributed by atoms with Gasteiger partial charge in [0, 0.05) is 30.0 Å². The summed E-state index contributed by atoms with van der Waals surface area (Å²) in [6, 6.07) is 5.12. The number of hydrogen-bond donors (Lipinski definition) is 1. The predicted octanol–water partition coefficient (Wildman–Crippen LogP) is 3.08. The molecule has 0 saturated carbocycles. The zero-order chi connectivity index (χ0) is 14.3. The molecule has 0 radical (unpaired) electrons. The van der Waals surface area contributed by atoms with Crippen LogP contribution >= 0.6 is 15.9 Å². The highest BCUT2D eigenvalue weighted by Crippen LogP contribution is 2.30. The van der Waals surface area contributed by atoms with Crippen molar-refractivity contribution in [3.05, 3.63) is 28.3 Å². The monoisotopic (exact) mass is 338 g/mol. The highest BCUT2D eigenvalue weighted by Gasteiger charge is 2.32. The van der Waals surface area contributed by atoms with Crippen molar-refractivity contribution in [2.24, 2.45) is 5.92 Å². The second-order valence-corrected chi connectivity index (χ2v) is 5.85. The van der Waals surface area contributed by atoms with E-state index in [9.17, 15) is 10.1 Å². The standard InChI is InChI=1S/C13H15BrN4O2/c1-8-4-5-17(12(8)7-14)13-15-10-3-2-9(18(19)20)6-11(10)16-13/h2-3,6,8,12H,4-5,7H2,1H3,(H,15,16). The summed E-state index contributed by atoms with van der Waals surface area (Å²) in [7, 11) is 0. The molecule has 2 atom stereocenters. The molecule has 1 aliphatic heterocycles. The number of aromatic amines is 1. The average Bonchev–Trinajstić information content (AvgIpc) is 3.00. The van der Waals surface area contributed by atoms with E-state index >= 15 is 0 Å². The number of nitro groups is 1. The van der Waals surface area contributed by atoms with E-state index in [4.69, 9.17) is 0 Å². The lowest BCUT2D eigenvalue weighted by Crippen LogP contribution is -2.34. The zero-order valence-corrected chi connectivity index (χ0v) is 12.6. The largest absolute Gasteiger partial charge is 0.338 e. The van der Waals surface area contributed by atoms with Crippen molar-refractivity contribution in [3.8, 4) is 0 Å². The molecule has 6 nitrogen and oxygen atoms in total. The molecule has 0 bridgehead atoms. The highest BCUT2D eigenvalue weighted by molar-refractivity contribution is 9.09. The van der Waals surface area contributed by atoms with Crippen LogP contribution in [0.15, 0.2) is 18.2 Å². The van der Waals surface area contributed by atoms with E-state index in [1.807, 2.05) is 0 Å². The van der Waals surface area contributed by atoms with Crippen molar-refractivity contribution in [1.82, 2.24) is 9.97 Å². The number of nitro benzene ring substituents is 1. The van der Waals surface area contributed by atoms with Gasteiger partial charge in [0.25, 0.3) is 5.69 Å². The first kappa shape index (κ1) is 13.4. The Morgan fingerprint density at radius 2 is 2.40 bits per heavy atom. The summed E-state index contributed by atoms with van der Waals surface area (Å²) in [5.74, 6) is 1.41. The molecule has 1 fully saturated rings. The SMILES string of the molecule is CC1CCN(c2nc3ccc([N+](=O)[O-])cc3[nH]2)C1CBr. The minimum Gasteiger partial charge on any atom is -0.338 e. The number of H-pyrrole nitrogens is 1. The van der Waals surface area contributed by atoms with Crippen LogP contribution in [0.3, 0.4) is 0 Å². The van der Waals surface area contributed by atoms with Crippen LogP contribution < -0.4 is 4.90 Å². The van der Waals surface area contributed by atoms with Crippen LogP contribution in [0.1, 0.15) is 13.3 Å². The number of aromatic nitrogens is 2. The van der Waals surface area contributed by atoms with Gasteiger partial charge >= 0.3 is 0 Å². The molecule has 1 saturated heterocycles. The van der Waals surface area contributed by atoms with Crippen molar-refractivity contribution in [3.63, 3.8) is 0 Å². The van der Waals surface area contributed by atoms with E-state index in [0.29, 0.717) is 17.5 Å². The van der Waals surface area contributed by atoms with Gasteiger partial charge in [0.2, 0.25) is 5.95 Å². The van der Waals surface area contributed by atoms with Crippen LogP contribution in [-0.2, 0) is 0 Å². The molecule has 0 spiro atoms. The van der Waals surface area contributed by atoms with Gasteiger partial charge < -0.3 is 9.88 Å². The van der Waals surface area contributed by atoms with Gasteiger partial charge in [-0.2, -0.15) is 0 Å². The fraction of sp³-hybridized carbons (Fsp3) is 0.462. The summed E-state index contributed by atoms with van der Waals surface area (Å²) in [6.45, 7) is 3.19. The number of rotatable bonds is 3. The van der Waals surface area contributed by atoms with Crippen LogP contribution in [-0.4, -0.2) is 32.8 Å². The van der Waals surface area contributed by atoms with Crippen molar-refractivity contribution in [1.29, 1.82) is 0 Å². The maximum atomic E-state index is 10.8. The number of nitrogens with one attached hydrogen (secondary N) is 1. The Morgan fingerprint density at radius 3 is 3.10 bits per heavy atom. The van der Waals surface area contributed by atoms with Gasteiger partial charge in [0.1, 0.15) is 0 Å². The minimum absolute atomic E-state index is 0.0829. The first-order chi connectivity index (χ1) is 9.60. The Labute approximate surface area is 124 Å². The molecule has 3 rings (SSSR count). The van der Waals surface area contributed by atoms with Gasteiger partial charge in [-0.3, -0.25) is 10.1 Å². The van der Waals surface area contributed by atoms with Gasteiger partial charge in [-0.15, -0.1) is 0 Å². The molecule has 1 N–H and O–H groups in total. The van der Waals surface area contributed by atoms with Crippen LogP contribution in [0.4, 0.5) is 11.6 Å². The summed E-state index contributed by atoms with van der Waals surface area (Å²) in [5, 5.41) is 11.7.